The van der Waals surface area contributed by atoms with Crippen LogP contribution in [0.1, 0.15) is 149 Å². The predicted molar refractivity (Wildman–Crippen MR) is 113 cm³/mol. The summed E-state index contributed by atoms with van der Waals surface area (Å²) in [4.78, 5) is 11.8. The van der Waals surface area contributed by atoms with Gasteiger partial charge in [-0.2, -0.15) is 0 Å². The second kappa shape index (κ2) is 21.7. The van der Waals surface area contributed by atoms with Crippen molar-refractivity contribution in [3.8, 4) is 0 Å². The lowest BCUT2D eigenvalue weighted by Gasteiger charge is -2.04. The van der Waals surface area contributed by atoms with Crippen molar-refractivity contribution < 1.29 is 4.79 Å². The van der Waals surface area contributed by atoms with Crippen molar-refractivity contribution in [1.82, 2.24) is 0 Å². The quantitative estimate of drug-likeness (QED) is 0.189. The number of rotatable bonds is 21. The molecule has 0 spiro atoms. The number of Topliss-reactive ketones (excluding diaryl/α,β-unsaturated/α-hetero) is 1. The summed E-state index contributed by atoms with van der Waals surface area (Å²) in [5.74, 6) is 0.513. The molecule has 0 aliphatic heterocycles. The summed E-state index contributed by atoms with van der Waals surface area (Å²) in [7, 11) is 0. The van der Waals surface area contributed by atoms with Crippen molar-refractivity contribution in [3.63, 3.8) is 0 Å². The smallest absolute Gasteiger partial charge is 0.132 e. The Morgan fingerprint density at radius 3 is 0.920 bits per heavy atom. The van der Waals surface area contributed by atoms with E-state index in [9.17, 15) is 4.79 Å². The van der Waals surface area contributed by atoms with Crippen molar-refractivity contribution in [1.29, 1.82) is 0 Å². The molecule has 0 unspecified atom stereocenters. The number of carbonyl (C=O) groups is 1. The van der Waals surface area contributed by atoms with Crippen LogP contribution in [0.5, 0.6) is 0 Å². The van der Waals surface area contributed by atoms with E-state index < -0.39 is 0 Å². The minimum Gasteiger partial charge on any atom is -0.300 e. The topological polar surface area (TPSA) is 17.1 Å². The van der Waals surface area contributed by atoms with Gasteiger partial charge in [0.15, 0.2) is 0 Å². The zero-order valence-corrected chi connectivity index (χ0v) is 17.8. The zero-order valence-electron chi connectivity index (χ0n) is 17.8. The van der Waals surface area contributed by atoms with Crippen LogP contribution in [-0.2, 0) is 4.79 Å². The minimum absolute atomic E-state index is 0.513. The van der Waals surface area contributed by atoms with Crippen LogP contribution in [0, 0.1) is 0 Å². The van der Waals surface area contributed by atoms with E-state index in [1.807, 2.05) is 0 Å². The zero-order chi connectivity index (χ0) is 18.4. The van der Waals surface area contributed by atoms with E-state index >= 15 is 0 Å². The molecule has 0 saturated carbocycles. The highest BCUT2D eigenvalue weighted by Gasteiger charge is 2.02. The SMILES string of the molecule is CCCCCCCCCCCCCCCC(=O)CCCCCCCC. The Hall–Kier alpha value is -0.330. The fourth-order valence-corrected chi connectivity index (χ4v) is 3.57. The van der Waals surface area contributed by atoms with Crippen LogP contribution in [-0.4, -0.2) is 5.78 Å². The van der Waals surface area contributed by atoms with Crippen molar-refractivity contribution in [2.24, 2.45) is 0 Å². The first-order chi connectivity index (χ1) is 12.3. The number of unbranched alkanes of at least 4 members (excludes halogenated alkanes) is 17. The first-order valence-corrected chi connectivity index (χ1v) is 11.8. The molecular formula is C24H48O. The predicted octanol–water partition coefficient (Wildman–Crippen LogP) is 8.79. The summed E-state index contributed by atoms with van der Waals surface area (Å²) in [6, 6.07) is 0. The van der Waals surface area contributed by atoms with E-state index in [0.717, 1.165) is 25.7 Å². The maximum Gasteiger partial charge on any atom is 0.132 e. The molecule has 150 valence electrons. The molecule has 1 nitrogen and oxygen atoms in total. The Kier molecular flexibility index (Phi) is 21.4. The van der Waals surface area contributed by atoms with Crippen molar-refractivity contribution >= 4 is 5.78 Å². The van der Waals surface area contributed by atoms with Gasteiger partial charge in [0.1, 0.15) is 5.78 Å². The molecule has 25 heavy (non-hydrogen) atoms. The summed E-state index contributed by atoms with van der Waals surface area (Å²) < 4.78 is 0. The number of hydrogen-bond acceptors (Lipinski definition) is 1. The molecule has 0 aromatic heterocycles. The molecule has 0 aliphatic carbocycles. The number of carbonyl (C=O) groups excluding carboxylic acids is 1. The monoisotopic (exact) mass is 352 g/mol. The molecule has 0 saturated heterocycles. The van der Waals surface area contributed by atoms with Crippen molar-refractivity contribution in [2.45, 2.75) is 149 Å². The molecular weight excluding hydrogens is 304 g/mol. The molecule has 0 N–H and O–H groups in total. The Morgan fingerprint density at radius 1 is 0.400 bits per heavy atom. The third kappa shape index (κ3) is 21.6. The maximum absolute atomic E-state index is 11.8. The number of hydrogen-bond donors (Lipinski definition) is 0. The largest absolute Gasteiger partial charge is 0.300 e. The summed E-state index contributed by atoms with van der Waals surface area (Å²) in [5, 5.41) is 0. The molecule has 0 aromatic rings. The molecule has 0 amide bonds. The van der Waals surface area contributed by atoms with Gasteiger partial charge in [0.05, 0.1) is 0 Å². The van der Waals surface area contributed by atoms with Crippen LogP contribution in [0.3, 0.4) is 0 Å². The minimum atomic E-state index is 0.513. The second-order valence-electron chi connectivity index (χ2n) is 8.05. The van der Waals surface area contributed by atoms with E-state index in [4.69, 9.17) is 0 Å². The van der Waals surface area contributed by atoms with Gasteiger partial charge in [-0.1, -0.05) is 123 Å². The summed E-state index contributed by atoms with van der Waals surface area (Å²) >= 11 is 0. The Labute approximate surface area is 159 Å². The van der Waals surface area contributed by atoms with Crippen molar-refractivity contribution in [2.75, 3.05) is 0 Å². The van der Waals surface area contributed by atoms with Gasteiger partial charge in [-0.15, -0.1) is 0 Å². The molecule has 0 heterocycles. The maximum atomic E-state index is 11.8. The Balaban J connectivity index is 3.11. The van der Waals surface area contributed by atoms with Crippen LogP contribution in [0.4, 0.5) is 0 Å². The van der Waals surface area contributed by atoms with E-state index in [0.29, 0.717) is 5.78 Å². The van der Waals surface area contributed by atoms with Crippen LogP contribution in [0.25, 0.3) is 0 Å². The average Bonchev–Trinajstić information content (AvgIpc) is 2.62. The lowest BCUT2D eigenvalue weighted by atomic mass is 10.0. The Bertz CT molecular complexity index is 259. The van der Waals surface area contributed by atoms with Gasteiger partial charge in [-0.25, -0.2) is 0 Å². The Morgan fingerprint density at radius 2 is 0.640 bits per heavy atom. The highest BCUT2D eigenvalue weighted by Crippen LogP contribution is 2.14. The van der Waals surface area contributed by atoms with E-state index in [1.165, 1.54) is 109 Å². The average molecular weight is 353 g/mol. The standard InChI is InChI=1S/C24H48O/c1-3-5-7-9-11-12-13-14-15-16-17-19-21-23-24(25)22-20-18-10-8-6-4-2/h3-23H2,1-2H3. The van der Waals surface area contributed by atoms with Crippen molar-refractivity contribution in [3.05, 3.63) is 0 Å². The first kappa shape index (κ1) is 24.7. The van der Waals surface area contributed by atoms with Gasteiger partial charge >= 0.3 is 0 Å². The first-order valence-electron chi connectivity index (χ1n) is 11.8. The second-order valence-corrected chi connectivity index (χ2v) is 8.05. The van der Waals surface area contributed by atoms with Gasteiger partial charge < -0.3 is 0 Å². The normalized spacial score (nSPS) is 11.1. The third-order valence-electron chi connectivity index (χ3n) is 5.37. The fourth-order valence-electron chi connectivity index (χ4n) is 3.57. The number of ketones is 1. The van der Waals surface area contributed by atoms with Crippen LogP contribution in [0.15, 0.2) is 0 Å². The van der Waals surface area contributed by atoms with E-state index in [-0.39, 0.29) is 0 Å². The van der Waals surface area contributed by atoms with Crippen LogP contribution >= 0.6 is 0 Å². The van der Waals surface area contributed by atoms with Gasteiger partial charge in [-0.3, -0.25) is 4.79 Å². The molecule has 0 aliphatic rings. The van der Waals surface area contributed by atoms with Crippen LogP contribution in [0.2, 0.25) is 0 Å². The molecule has 0 atom stereocenters. The summed E-state index contributed by atoms with van der Waals surface area (Å²) in [5.41, 5.74) is 0. The highest BCUT2D eigenvalue weighted by atomic mass is 16.1. The highest BCUT2D eigenvalue weighted by molar-refractivity contribution is 5.78. The van der Waals surface area contributed by atoms with E-state index in [2.05, 4.69) is 13.8 Å². The third-order valence-corrected chi connectivity index (χ3v) is 5.37. The van der Waals surface area contributed by atoms with Gasteiger partial charge in [-0.05, 0) is 12.8 Å². The van der Waals surface area contributed by atoms with Gasteiger partial charge in [0.25, 0.3) is 0 Å². The van der Waals surface area contributed by atoms with Crippen LogP contribution < -0.4 is 0 Å². The molecule has 0 aromatic carbocycles. The molecule has 1 heteroatoms. The lowest BCUT2D eigenvalue weighted by Crippen LogP contribution is -1.97. The molecule has 0 rings (SSSR count). The molecule has 0 fully saturated rings. The summed E-state index contributed by atoms with van der Waals surface area (Å²) in [6.45, 7) is 4.53. The van der Waals surface area contributed by atoms with Gasteiger partial charge in [0, 0.05) is 12.8 Å². The molecule has 0 radical (unpaired) electrons. The van der Waals surface area contributed by atoms with E-state index in [1.54, 1.807) is 0 Å². The van der Waals surface area contributed by atoms with Gasteiger partial charge in [0.2, 0.25) is 0 Å². The fraction of sp³-hybridized carbons (Fsp3) is 0.958. The molecule has 0 bridgehead atoms. The lowest BCUT2D eigenvalue weighted by molar-refractivity contribution is -0.119. The summed E-state index contributed by atoms with van der Waals surface area (Å²) in [6.07, 6.45) is 27.3.